The van der Waals surface area contributed by atoms with Crippen molar-refractivity contribution in [1.82, 2.24) is 0 Å². The molecule has 8 heteroatoms. The van der Waals surface area contributed by atoms with Gasteiger partial charge in [-0.2, -0.15) is 0 Å². The quantitative estimate of drug-likeness (QED) is 0.552. The first kappa shape index (κ1) is 21.7. The largest absolute Gasteiger partial charge is 0.492 e. The maximum atomic E-state index is 13.3. The second kappa shape index (κ2) is 9.65. The second-order valence-electron chi connectivity index (χ2n) is 6.25. The SMILES string of the molecule is CCOc1ccccc1NC(=O)CN(c1ccccc1Cl)S(=O)(=O)c1ccccc1. The van der Waals surface area contributed by atoms with E-state index in [1.165, 1.54) is 12.1 Å². The van der Waals surface area contributed by atoms with Gasteiger partial charge in [-0.25, -0.2) is 8.42 Å². The van der Waals surface area contributed by atoms with E-state index in [-0.39, 0.29) is 15.6 Å². The van der Waals surface area contributed by atoms with Gasteiger partial charge < -0.3 is 10.1 Å². The Labute approximate surface area is 181 Å². The third-order valence-electron chi connectivity index (χ3n) is 4.20. The van der Waals surface area contributed by atoms with E-state index < -0.39 is 22.5 Å². The summed E-state index contributed by atoms with van der Waals surface area (Å²) in [4.78, 5) is 12.9. The highest BCUT2D eigenvalue weighted by Crippen LogP contribution is 2.30. The van der Waals surface area contributed by atoms with Crippen LogP contribution < -0.4 is 14.4 Å². The van der Waals surface area contributed by atoms with Gasteiger partial charge in [0.05, 0.1) is 27.9 Å². The Morgan fingerprint density at radius 1 is 0.967 bits per heavy atom. The number of benzene rings is 3. The average molecular weight is 445 g/mol. The fourth-order valence-electron chi connectivity index (χ4n) is 2.84. The second-order valence-corrected chi connectivity index (χ2v) is 8.52. The van der Waals surface area contributed by atoms with Gasteiger partial charge in [-0.05, 0) is 43.3 Å². The molecule has 0 radical (unpaired) electrons. The number of hydrogen-bond acceptors (Lipinski definition) is 4. The lowest BCUT2D eigenvalue weighted by Gasteiger charge is -2.25. The van der Waals surface area contributed by atoms with Crippen LogP contribution in [0.4, 0.5) is 11.4 Å². The first-order valence-electron chi connectivity index (χ1n) is 9.27. The molecule has 0 bridgehead atoms. The van der Waals surface area contributed by atoms with Gasteiger partial charge in [0.1, 0.15) is 12.3 Å². The van der Waals surface area contributed by atoms with E-state index in [4.69, 9.17) is 16.3 Å². The number of hydrogen-bond donors (Lipinski definition) is 1. The molecule has 0 aromatic heterocycles. The molecule has 0 heterocycles. The van der Waals surface area contributed by atoms with E-state index in [0.29, 0.717) is 18.0 Å². The van der Waals surface area contributed by atoms with Crippen molar-refractivity contribution in [3.05, 3.63) is 83.9 Å². The number of carbonyl (C=O) groups is 1. The van der Waals surface area contributed by atoms with Crippen molar-refractivity contribution in [3.63, 3.8) is 0 Å². The molecule has 156 valence electrons. The van der Waals surface area contributed by atoms with Crippen LogP contribution in [0, 0.1) is 0 Å². The molecule has 3 rings (SSSR count). The molecular weight excluding hydrogens is 424 g/mol. The van der Waals surface area contributed by atoms with Crippen molar-refractivity contribution < 1.29 is 17.9 Å². The fourth-order valence-corrected chi connectivity index (χ4v) is 4.59. The van der Waals surface area contributed by atoms with Crippen LogP contribution in [-0.4, -0.2) is 27.5 Å². The van der Waals surface area contributed by atoms with Gasteiger partial charge in [0.2, 0.25) is 5.91 Å². The number of para-hydroxylation sites is 3. The minimum Gasteiger partial charge on any atom is -0.492 e. The predicted molar refractivity (Wildman–Crippen MR) is 119 cm³/mol. The Bertz CT molecular complexity index is 1120. The van der Waals surface area contributed by atoms with Crippen LogP contribution in [0.5, 0.6) is 5.75 Å². The Kier molecular flexibility index (Phi) is 6.97. The third-order valence-corrected chi connectivity index (χ3v) is 6.29. The van der Waals surface area contributed by atoms with E-state index in [1.54, 1.807) is 66.7 Å². The van der Waals surface area contributed by atoms with Crippen LogP contribution in [0.3, 0.4) is 0 Å². The number of amides is 1. The Morgan fingerprint density at radius 2 is 1.60 bits per heavy atom. The average Bonchev–Trinajstić information content (AvgIpc) is 2.75. The topological polar surface area (TPSA) is 75.7 Å². The van der Waals surface area contributed by atoms with Crippen LogP contribution in [0.1, 0.15) is 6.92 Å². The number of anilines is 2. The molecule has 0 aliphatic heterocycles. The number of nitrogens with one attached hydrogen (secondary N) is 1. The number of ether oxygens (including phenoxy) is 1. The van der Waals surface area contributed by atoms with Crippen molar-refractivity contribution >= 4 is 38.9 Å². The van der Waals surface area contributed by atoms with Gasteiger partial charge >= 0.3 is 0 Å². The molecule has 3 aromatic carbocycles. The van der Waals surface area contributed by atoms with Gasteiger partial charge in [-0.15, -0.1) is 0 Å². The number of sulfonamides is 1. The molecule has 0 aliphatic carbocycles. The first-order valence-corrected chi connectivity index (χ1v) is 11.1. The van der Waals surface area contributed by atoms with Crippen LogP contribution in [0.15, 0.2) is 83.8 Å². The van der Waals surface area contributed by atoms with Crippen molar-refractivity contribution in [1.29, 1.82) is 0 Å². The summed E-state index contributed by atoms with van der Waals surface area (Å²) in [6.07, 6.45) is 0. The maximum Gasteiger partial charge on any atom is 0.264 e. The summed E-state index contributed by atoms with van der Waals surface area (Å²) in [6, 6.07) is 21.4. The van der Waals surface area contributed by atoms with Crippen LogP contribution in [0.25, 0.3) is 0 Å². The molecule has 1 amide bonds. The summed E-state index contributed by atoms with van der Waals surface area (Å²) in [5, 5.41) is 2.95. The number of carbonyl (C=O) groups excluding carboxylic acids is 1. The summed E-state index contributed by atoms with van der Waals surface area (Å²) >= 11 is 6.26. The van der Waals surface area contributed by atoms with Gasteiger partial charge in [0, 0.05) is 0 Å². The normalized spacial score (nSPS) is 11.0. The lowest BCUT2D eigenvalue weighted by atomic mass is 10.3. The van der Waals surface area contributed by atoms with Crippen molar-refractivity contribution in [2.24, 2.45) is 0 Å². The summed E-state index contributed by atoms with van der Waals surface area (Å²) in [5.41, 5.74) is 0.678. The molecule has 1 N–H and O–H groups in total. The Morgan fingerprint density at radius 3 is 2.30 bits per heavy atom. The van der Waals surface area contributed by atoms with Crippen molar-refractivity contribution in [2.75, 3.05) is 22.8 Å². The molecular formula is C22H21ClN2O4S. The zero-order valence-corrected chi connectivity index (χ0v) is 17.9. The highest BCUT2D eigenvalue weighted by Gasteiger charge is 2.28. The maximum absolute atomic E-state index is 13.3. The molecule has 0 saturated carbocycles. The van der Waals surface area contributed by atoms with E-state index in [2.05, 4.69) is 5.32 Å². The summed E-state index contributed by atoms with van der Waals surface area (Å²) in [6.45, 7) is 1.81. The zero-order chi connectivity index (χ0) is 21.6. The Balaban J connectivity index is 1.94. The molecule has 0 unspecified atom stereocenters. The molecule has 0 aliphatic rings. The minimum atomic E-state index is -4.03. The monoisotopic (exact) mass is 444 g/mol. The zero-order valence-electron chi connectivity index (χ0n) is 16.3. The molecule has 3 aromatic rings. The summed E-state index contributed by atoms with van der Waals surface area (Å²) in [5.74, 6) is -0.0230. The molecule has 0 spiro atoms. The van der Waals surface area contributed by atoms with Crippen molar-refractivity contribution in [2.45, 2.75) is 11.8 Å². The molecule has 0 saturated heterocycles. The lowest BCUT2D eigenvalue weighted by Crippen LogP contribution is -2.38. The molecule has 0 atom stereocenters. The third kappa shape index (κ3) is 4.93. The summed E-state index contributed by atoms with van der Waals surface area (Å²) in [7, 11) is -4.03. The predicted octanol–water partition coefficient (Wildman–Crippen LogP) is 4.57. The van der Waals surface area contributed by atoms with Gasteiger partial charge in [-0.1, -0.05) is 54.1 Å². The molecule has 30 heavy (non-hydrogen) atoms. The summed E-state index contributed by atoms with van der Waals surface area (Å²) < 4.78 is 33.1. The standard InChI is InChI=1S/C22H21ClN2O4S/c1-2-29-21-15-9-7-13-19(21)24-22(26)16-25(20-14-8-6-12-18(20)23)30(27,28)17-10-4-3-5-11-17/h3-15H,2,16H2,1H3,(H,24,26). The van der Waals surface area contributed by atoms with Gasteiger partial charge in [0.15, 0.2) is 0 Å². The molecule has 0 fully saturated rings. The minimum absolute atomic E-state index is 0.0624. The van der Waals surface area contributed by atoms with Gasteiger partial charge in [-0.3, -0.25) is 9.10 Å². The number of nitrogens with zero attached hydrogens (tertiary/aromatic N) is 1. The number of halogens is 1. The lowest BCUT2D eigenvalue weighted by molar-refractivity contribution is -0.114. The highest BCUT2D eigenvalue weighted by molar-refractivity contribution is 7.92. The van der Waals surface area contributed by atoms with E-state index in [0.717, 1.165) is 4.31 Å². The van der Waals surface area contributed by atoms with Crippen LogP contribution in [0.2, 0.25) is 5.02 Å². The molecule has 6 nitrogen and oxygen atoms in total. The van der Waals surface area contributed by atoms with Gasteiger partial charge in [0.25, 0.3) is 10.0 Å². The van der Waals surface area contributed by atoms with E-state index in [1.807, 2.05) is 6.92 Å². The van der Waals surface area contributed by atoms with Crippen LogP contribution in [-0.2, 0) is 14.8 Å². The smallest absolute Gasteiger partial charge is 0.264 e. The van der Waals surface area contributed by atoms with Crippen LogP contribution >= 0.6 is 11.6 Å². The Hall–Kier alpha value is -3.03. The van der Waals surface area contributed by atoms with E-state index >= 15 is 0 Å². The number of rotatable bonds is 8. The fraction of sp³-hybridized carbons (Fsp3) is 0.136. The first-order chi connectivity index (χ1) is 14.4. The highest BCUT2D eigenvalue weighted by atomic mass is 35.5. The van der Waals surface area contributed by atoms with E-state index in [9.17, 15) is 13.2 Å². The van der Waals surface area contributed by atoms with Crippen molar-refractivity contribution in [3.8, 4) is 5.75 Å².